The number of rotatable bonds is 3. The van der Waals surface area contributed by atoms with Crippen molar-refractivity contribution in [2.45, 2.75) is 39.5 Å². The van der Waals surface area contributed by atoms with E-state index >= 15 is 0 Å². The van der Waals surface area contributed by atoms with E-state index in [0.717, 1.165) is 35.2 Å². The second-order valence-corrected chi connectivity index (χ2v) is 5.63. The van der Waals surface area contributed by atoms with Gasteiger partial charge in [-0.25, -0.2) is 0 Å². The normalized spacial score (nSPS) is 23.4. The molecule has 0 saturated heterocycles. The molecule has 0 aromatic heterocycles. The van der Waals surface area contributed by atoms with Crippen LogP contribution in [-0.4, -0.2) is 6.54 Å². The lowest BCUT2D eigenvalue weighted by Gasteiger charge is -2.27. The van der Waals surface area contributed by atoms with Gasteiger partial charge in [-0.2, -0.15) is 5.26 Å². The maximum absolute atomic E-state index is 9.13. The Morgan fingerprint density at radius 2 is 2.22 bits per heavy atom. The van der Waals surface area contributed by atoms with Crippen molar-refractivity contribution in [3.05, 3.63) is 29.3 Å². The first-order valence-corrected chi connectivity index (χ1v) is 6.94. The van der Waals surface area contributed by atoms with Crippen LogP contribution in [0.15, 0.2) is 18.2 Å². The van der Waals surface area contributed by atoms with Gasteiger partial charge in [0.25, 0.3) is 0 Å². The molecule has 1 N–H and O–H groups in total. The molecule has 96 valence electrons. The van der Waals surface area contributed by atoms with Gasteiger partial charge in [0.05, 0.1) is 11.3 Å². The number of hydrogen-bond acceptors (Lipinski definition) is 2. The van der Waals surface area contributed by atoms with Gasteiger partial charge < -0.3 is 5.32 Å². The minimum Gasteiger partial charge on any atom is -0.383 e. The molecule has 0 heterocycles. The first kappa shape index (κ1) is 13.0. The summed E-state index contributed by atoms with van der Waals surface area (Å²) < 4.78 is 0. The summed E-state index contributed by atoms with van der Waals surface area (Å²) in [5.74, 6) is 1.62. The van der Waals surface area contributed by atoms with Gasteiger partial charge in [-0.3, -0.25) is 0 Å². The molecule has 1 saturated carbocycles. The molecular weight excluding hydrogens is 220 g/mol. The number of hydrogen-bond donors (Lipinski definition) is 1. The summed E-state index contributed by atoms with van der Waals surface area (Å²) in [4.78, 5) is 0. The van der Waals surface area contributed by atoms with Crippen LogP contribution in [0.5, 0.6) is 0 Å². The van der Waals surface area contributed by atoms with Crippen molar-refractivity contribution in [3.63, 3.8) is 0 Å². The van der Waals surface area contributed by atoms with Crippen molar-refractivity contribution >= 4 is 5.69 Å². The quantitative estimate of drug-likeness (QED) is 0.866. The van der Waals surface area contributed by atoms with Crippen molar-refractivity contribution in [2.24, 2.45) is 11.8 Å². The van der Waals surface area contributed by atoms with Crippen LogP contribution in [0, 0.1) is 30.1 Å². The Kier molecular flexibility index (Phi) is 4.25. The van der Waals surface area contributed by atoms with Gasteiger partial charge in [0.2, 0.25) is 0 Å². The molecule has 1 fully saturated rings. The van der Waals surface area contributed by atoms with E-state index in [-0.39, 0.29) is 0 Å². The fourth-order valence-electron chi connectivity index (χ4n) is 2.99. The second-order valence-electron chi connectivity index (χ2n) is 5.63. The summed E-state index contributed by atoms with van der Waals surface area (Å²) in [5.41, 5.74) is 2.95. The highest BCUT2D eigenvalue weighted by Crippen LogP contribution is 2.29. The van der Waals surface area contributed by atoms with Crippen molar-refractivity contribution in [1.82, 2.24) is 0 Å². The van der Waals surface area contributed by atoms with Gasteiger partial charge >= 0.3 is 0 Å². The van der Waals surface area contributed by atoms with Crippen LogP contribution in [0.2, 0.25) is 0 Å². The molecule has 1 aliphatic rings. The molecule has 0 radical (unpaired) electrons. The zero-order valence-electron chi connectivity index (χ0n) is 11.4. The fourth-order valence-corrected chi connectivity index (χ4v) is 2.99. The molecule has 0 aliphatic heterocycles. The topological polar surface area (TPSA) is 35.8 Å². The first-order valence-electron chi connectivity index (χ1n) is 6.94. The molecule has 1 aliphatic carbocycles. The van der Waals surface area contributed by atoms with E-state index in [1.54, 1.807) is 0 Å². The average Bonchev–Trinajstić information content (AvgIpc) is 2.37. The predicted octanol–water partition coefficient (Wildman–Crippen LogP) is 4.10. The summed E-state index contributed by atoms with van der Waals surface area (Å²) in [6.07, 6.45) is 5.38. The first-order chi connectivity index (χ1) is 8.70. The number of para-hydroxylation sites is 1. The summed E-state index contributed by atoms with van der Waals surface area (Å²) in [7, 11) is 0. The van der Waals surface area contributed by atoms with Crippen molar-refractivity contribution in [3.8, 4) is 6.07 Å². The van der Waals surface area contributed by atoms with Crippen LogP contribution in [0.25, 0.3) is 0 Å². The zero-order chi connectivity index (χ0) is 13.0. The molecule has 2 atom stereocenters. The van der Waals surface area contributed by atoms with Gasteiger partial charge in [0.1, 0.15) is 6.07 Å². The second kappa shape index (κ2) is 5.91. The van der Waals surface area contributed by atoms with Crippen LogP contribution < -0.4 is 5.32 Å². The molecule has 0 spiro atoms. The van der Waals surface area contributed by atoms with Gasteiger partial charge in [-0.15, -0.1) is 0 Å². The summed E-state index contributed by atoms with van der Waals surface area (Å²) >= 11 is 0. The van der Waals surface area contributed by atoms with E-state index in [0.29, 0.717) is 0 Å². The molecule has 1 aromatic carbocycles. The van der Waals surface area contributed by atoms with Crippen LogP contribution in [0.4, 0.5) is 5.69 Å². The maximum Gasteiger partial charge on any atom is 0.101 e. The molecule has 0 bridgehead atoms. The Labute approximate surface area is 110 Å². The smallest absolute Gasteiger partial charge is 0.101 e. The number of nitriles is 1. The van der Waals surface area contributed by atoms with Crippen LogP contribution in [0.3, 0.4) is 0 Å². The number of nitrogens with zero attached hydrogens (tertiary/aromatic N) is 1. The van der Waals surface area contributed by atoms with Crippen LogP contribution >= 0.6 is 0 Å². The molecule has 2 heteroatoms. The Morgan fingerprint density at radius 3 is 2.94 bits per heavy atom. The lowest BCUT2D eigenvalue weighted by atomic mass is 9.82. The largest absolute Gasteiger partial charge is 0.383 e. The van der Waals surface area contributed by atoms with E-state index in [1.807, 2.05) is 12.1 Å². The molecule has 2 unspecified atom stereocenters. The number of nitrogens with one attached hydrogen (secondary N) is 1. The van der Waals surface area contributed by atoms with Crippen molar-refractivity contribution < 1.29 is 0 Å². The van der Waals surface area contributed by atoms with E-state index in [2.05, 4.69) is 31.3 Å². The molecule has 18 heavy (non-hydrogen) atoms. The standard InChI is InChI=1S/C16H22N2/c1-12-5-3-7-14(9-12)11-18-16-13(2)6-4-8-15(16)10-17/h4,6,8,12,14,18H,3,5,7,9,11H2,1-2H3. The zero-order valence-corrected chi connectivity index (χ0v) is 11.4. The molecule has 2 nitrogen and oxygen atoms in total. The lowest BCUT2D eigenvalue weighted by molar-refractivity contribution is 0.293. The van der Waals surface area contributed by atoms with Crippen LogP contribution in [-0.2, 0) is 0 Å². The Bertz CT molecular complexity index is 445. The molecular formula is C16H22N2. The average molecular weight is 242 g/mol. The van der Waals surface area contributed by atoms with E-state index in [1.165, 1.54) is 25.7 Å². The molecule has 2 rings (SSSR count). The fraction of sp³-hybridized carbons (Fsp3) is 0.562. The Hall–Kier alpha value is -1.49. The van der Waals surface area contributed by atoms with Gasteiger partial charge in [0, 0.05) is 6.54 Å². The predicted molar refractivity (Wildman–Crippen MR) is 75.5 cm³/mol. The maximum atomic E-state index is 9.13. The third kappa shape index (κ3) is 3.04. The van der Waals surface area contributed by atoms with E-state index in [4.69, 9.17) is 5.26 Å². The Balaban J connectivity index is 2.00. The highest BCUT2D eigenvalue weighted by Gasteiger charge is 2.19. The summed E-state index contributed by atoms with van der Waals surface area (Å²) in [6.45, 7) is 5.41. The van der Waals surface area contributed by atoms with Gasteiger partial charge in [0.15, 0.2) is 0 Å². The number of anilines is 1. The molecule has 0 amide bonds. The van der Waals surface area contributed by atoms with Crippen molar-refractivity contribution in [1.29, 1.82) is 5.26 Å². The van der Waals surface area contributed by atoms with E-state index < -0.39 is 0 Å². The summed E-state index contributed by atoms with van der Waals surface area (Å²) in [6, 6.07) is 8.17. The third-order valence-electron chi connectivity index (χ3n) is 4.01. The minimum atomic E-state index is 0.763. The summed E-state index contributed by atoms with van der Waals surface area (Å²) in [5, 5.41) is 12.6. The minimum absolute atomic E-state index is 0.763. The highest BCUT2D eigenvalue weighted by molar-refractivity contribution is 5.62. The SMILES string of the molecule is Cc1cccc(C#N)c1NCC1CCCC(C)C1. The lowest BCUT2D eigenvalue weighted by Crippen LogP contribution is -2.21. The number of aryl methyl sites for hydroxylation is 1. The van der Waals surface area contributed by atoms with Gasteiger partial charge in [-0.05, 0) is 43.2 Å². The van der Waals surface area contributed by atoms with Crippen molar-refractivity contribution in [2.75, 3.05) is 11.9 Å². The van der Waals surface area contributed by atoms with Gasteiger partial charge in [-0.1, -0.05) is 31.9 Å². The molecule has 1 aromatic rings. The van der Waals surface area contributed by atoms with Crippen LogP contribution in [0.1, 0.15) is 43.7 Å². The van der Waals surface area contributed by atoms with E-state index in [9.17, 15) is 0 Å². The monoisotopic (exact) mass is 242 g/mol. The third-order valence-corrected chi connectivity index (χ3v) is 4.01. The number of benzene rings is 1. The highest BCUT2D eigenvalue weighted by atomic mass is 14.9. The Morgan fingerprint density at radius 1 is 1.39 bits per heavy atom.